The minimum absolute atomic E-state index is 0.785. The maximum Gasteiger partial charge on any atom is 0.186 e. The molecule has 0 aromatic carbocycles. The zero-order valence-corrected chi connectivity index (χ0v) is 13.5. The van der Waals surface area contributed by atoms with E-state index in [2.05, 4.69) is 10.2 Å². The van der Waals surface area contributed by atoms with E-state index < -0.39 is 0 Å². The molecule has 0 aliphatic heterocycles. The molecule has 114 valence electrons. The van der Waals surface area contributed by atoms with Crippen molar-refractivity contribution in [2.75, 3.05) is 11.4 Å². The molecular formula is C17H25N3S. The zero-order chi connectivity index (χ0) is 13.8. The summed E-state index contributed by atoms with van der Waals surface area (Å²) in [6.45, 7) is 2.34. The Bertz CT molecular complexity index is 524. The van der Waals surface area contributed by atoms with Crippen molar-refractivity contribution >= 4 is 16.5 Å². The van der Waals surface area contributed by atoms with Gasteiger partial charge in [-0.2, -0.15) is 0 Å². The number of thiazole rings is 1. The standard InChI is InChI=1S/C17H25N3S/c1-2-11(1)10-20(14-7-8-14)17-19-16(12-3-4-12)15(21-17)9-18-13-5-6-13/h11-14,18H,1-10H2. The summed E-state index contributed by atoms with van der Waals surface area (Å²) in [7, 11) is 0. The summed E-state index contributed by atoms with van der Waals surface area (Å²) in [5.41, 5.74) is 1.45. The lowest BCUT2D eigenvalue weighted by atomic mass is 10.2. The normalized spacial score (nSPS) is 25.3. The lowest BCUT2D eigenvalue weighted by Gasteiger charge is -2.21. The lowest BCUT2D eigenvalue weighted by molar-refractivity contribution is 0.688. The Morgan fingerprint density at radius 2 is 1.86 bits per heavy atom. The van der Waals surface area contributed by atoms with Crippen molar-refractivity contribution < 1.29 is 0 Å². The van der Waals surface area contributed by atoms with Gasteiger partial charge >= 0.3 is 0 Å². The smallest absolute Gasteiger partial charge is 0.186 e. The molecular weight excluding hydrogens is 278 g/mol. The number of hydrogen-bond donors (Lipinski definition) is 1. The Balaban J connectivity index is 1.37. The van der Waals surface area contributed by atoms with Gasteiger partial charge in [0.1, 0.15) is 0 Å². The van der Waals surface area contributed by atoms with Crippen molar-refractivity contribution in [2.24, 2.45) is 5.92 Å². The summed E-state index contributed by atoms with van der Waals surface area (Å²) < 4.78 is 0. The number of rotatable bonds is 8. The quantitative estimate of drug-likeness (QED) is 0.794. The number of nitrogens with zero attached hydrogens (tertiary/aromatic N) is 2. The van der Waals surface area contributed by atoms with Crippen LogP contribution in [0, 0.1) is 5.92 Å². The molecule has 0 atom stereocenters. The van der Waals surface area contributed by atoms with Crippen LogP contribution in [0.15, 0.2) is 0 Å². The van der Waals surface area contributed by atoms with Crippen molar-refractivity contribution in [2.45, 2.75) is 75.9 Å². The zero-order valence-electron chi connectivity index (χ0n) is 12.7. The molecule has 4 aliphatic carbocycles. The Morgan fingerprint density at radius 1 is 1.05 bits per heavy atom. The van der Waals surface area contributed by atoms with Gasteiger partial charge in [0.15, 0.2) is 5.13 Å². The topological polar surface area (TPSA) is 28.2 Å². The monoisotopic (exact) mass is 303 g/mol. The molecule has 4 aliphatic rings. The molecule has 21 heavy (non-hydrogen) atoms. The maximum absolute atomic E-state index is 5.12. The molecule has 1 aromatic rings. The first-order valence-corrected chi connectivity index (χ1v) is 9.68. The highest BCUT2D eigenvalue weighted by molar-refractivity contribution is 7.15. The van der Waals surface area contributed by atoms with E-state index >= 15 is 0 Å². The summed E-state index contributed by atoms with van der Waals surface area (Å²) in [5.74, 6) is 1.75. The van der Waals surface area contributed by atoms with Gasteiger partial charge in [-0.25, -0.2) is 4.98 Å². The van der Waals surface area contributed by atoms with Crippen LogP contribution in [0.2, 0.25) is 0 Å². The predicted octanol–water partition coefficient (Wildman–Crippen LogP) is 3.65. The highest BCUT2D eigenvalue weighted by Gasteiger charge is 2.37. The van der Waals surface area contributed by atoms with Crippen LogP contribution in [0.4, 0.5) is 5.13 Å². The predicted molar refractivity (Wildman–Crippen MR) is 87.0 cm³/mol. The van der Waals surface area contributed by atoms with Gasteiger partial charge < -0.3 is 10.2 Å². The molecule has 0 saturated heterocycles. The Kier molecular flexibility index (Phi) is 3.04. The first kappa shape index (κ1) is 12.9. The molecule has 5 rings (SSSR count). The van der Waals surface area contributed by atoms with Crippen LogP contribution in [0.1, 0.15) is 67.9 Å². The van der Waals surface area contributed by atoms with E-state index in [0.29, 0.717) is 0 Å². The third kappa shape index (κ3) is 2.98. The second-order valence-corrected chi connectivity index (χ2v) is 8.62. The molecule has 0 amide bonds. The fourth-order valence-corrected chi connectivity index (χ4v) is 4.33. The Morgan fingerprint density at radius 3 is 2.48 bits per heavy atom. The highest BCUT2D eigenvalue weighted by Crippen LogP contribution is 2.46. The van der Waals surface area contributed by atoms with Gasteiger partial charge in [0.2, 0.25) is 0 Å². The second kappa shape index (κ2) is 4.95. The SMILES string of the molecule is C(NC1CC1)c1sc(N(CC2CC2)C2CC2)nc1C1CC1. The first-order valence-electron chi connectivity index (χ1n) is 8.86. The van der Waals surface area contributed by atoms with Gasteiger partial charge in [0, 0.05) is 36.0 Å². The fourth-order valence-electron chi connectivity index (χ4n) is 3.15. The molecule has 3 nitrogen and oxygen atoms in total. The molecule has 4 saturated carbocycles. The summed E-state index contributed by atoms with van der Waals surface area (Å²) in [6.07, 6.45) is 11.2. The van der Waals surface area contributed by atoms with E-state index in [-0.39, 0.29) is 0 Å². The molecule has 1 heterocycles. The minimum Gasteiger partial charge on any atom is -0.345 e. The number of anilines is 1. The van der Waals surface area contributed by atoms with Crippen molar-refractivity contribution in [1.82, 2.24) is 10.3 Å². The first-order chi connectivity index (χ1) is 10.4. The Labute approximate surface area is 131 Å². The highest BCUT2D eigenvalue weighted by atomic mass is 32.1. The van der Waals surface area contributed by atoms with Gasteiger partial charge in [-0.1, -0.05) is 0 Å². The molecule has 4 heteroatoms. The van der Waals surface area contributed by atoms with Crippen LogP contribution in [-0.2, 0) is 6.54 Å². The third-order valence-electron chi connectivity index (χ3n) is 5.19. The van der Waals surface area contributed by atoms with E-state index in [1.165, 1.54) is 68.7 Å². The number of hydrogen-bond acceptors (Lipinski definition) is 4. The summed E-state index contributed by atoms with van der Waals surface area (Å²) >= 11 is 2.00. The van der Waals surface area contributed by atoms with Crippen LogP contribution in [0.3, 0.4) is 0 Å². The average molecular weight is 303 g/mol. The molecule has 0 radical (unpaired) electrons. The molecule has 0 unspecified atom stereocenters. The van der Waals surface area contributed by atoms with Crippen molar-refractivity contribution in [3.63, 3.8) is 0 Å². The van der Waals surface area contributed by atoms with Gasteiger partial charge in [0.25, 0.3) is 0 Å². The van der Waals surface area contributed by atoms with E-state index in [1.807, 2.05) is 11.3 Å². The molecule has 0 spiro atoms. The minimum atomic E-state index is 0.785. The van der Waals surface area contributed by atoms with Crippen LogP contribution >= 0.6 is 11.3 Å². The maximum atomic E-state index is 5.12. The van der Waals surface area contributed by atoms with Gasteiger partial charge in [-0.15, -0.1) is 11.3 Å². The van der Waals surface area contributed by atoms with E-state index in [4.69, 9.17) is 4.98 Å². The summed E-state index contributed by atoms with van der Waals surface area (Å²) in [4.78, 5) is 9.32. The largest absolute Gasteiger partial charge is 0.345 e. The van der Waals surface area contributed by atoms with Crippen molar-refractivity contribution in [1.29, 1.82) is 0 Å². The molecule has 4 fully saturated rings. The van der Waals surface area contributed by atoms with Crippen LogP contribution in [0.25, 0.3) is 0 Å². The summed E-state index contributed by atoms with van der Waals surface area (Å²) in [6, 6.07) is 1.61. The van der Waals surface area contributed by atoms with E-state index in [9.17, 15) is 0 Å². The van der Waals surface area contributed by atoms with Gasteiger partial charge in [0.05, 0.1) is 5.69 Å². The summed E-state index contributed by atoms with van der Waals surface area (Å²) in [5, 5.41) is 5.04. The second-order valence-electron chi connectivity index (χ2n) is 7.56. The van der Waals surface area contributed by atoms with Gasteiger partial charge in [-0.05, 0) is 57.3 Å². The van der Waals surface area contributed by atoms with Crippen molar-refractivity contribution in [3.05, 3.63) is 10.6 Å². The van der Waals surface area contributed by atoms with Gasteiger partial charge in [-0.3, -0.25) is 0 Å². The fraction of sp³-hybridized carbons (Fsp3) is 0.824. The van der Waals surface area contributed by atoms with Crippen LogP contribution in [0.5, 0.6) is 0 Å². The molecule has 1 aromatic heterocycles. The van der Waals surface area contributed by atoms with Crippen molar-refractivity contribution in [3.8, 4) is 0 Å². The number of nitrogens with one attached hydrogen (secondary N) is 1. The van der Waals surface area contributed by atoms with Crippen LogP contribution in [-0.4, -0.2) is 23.6 Å². The third-order valence-corrected chi connectivity index (χ3v) is 6.30. The van der Waals surface area contributed by atoms with Crippen LogP contribution < -0.4 is 10.2 Å². The molecule has 0 bridgehead atoms. The average Bonchev–Trinajstić information content (AvgIpc) is 3.35. The molecule has 1 N–H and O–H groups in total. The van der Waals surface area contributed by atoms with E-state index in [1.54, 1.807) is 4.88 Å². The Hall–Kier alpha value is -0.610. The lowest BCUT2D eigenvalue weighted by Crippen LogP contribution is -2.27. The van der Waals surface area contributed by atoms with E-state index in [0.717, 1.165) is 30.5 Å². The number of aromatic nitrogens is 1.